The molecule has 0 bridgehead atoms. The van der Waals surface area contributed by atoms with Gasteiger partial charge >= 0.3 is 0 Å². The summed E-state index contributed by atoms with van der Waals surface area (Å²) in [6, 6.07) is 5.11. The average molecular weight is 250 g/mol. The van der Waals surface area contributed by atoms with Crippen molar-refractivity contribution in [3.8, 4) is 0 Å². The molecule has 0 unspecified atom stereocenters. The van der Waals surface area contributed by atoms with E-state index in [2.05, 4.69) is 10.2 Å². The van der Waals surface area contributed by atoms with Gasteiger partial charge in [-0.15, -0.1) is 0 Å². The van der Waals surface area contributed by atoms with Gasteiger partial charge in [-0.1, -0.05) is 6.07 Å². The van der Waals surface area contributed by atoms with E-state index < -0.39 is 0 Å². The summed E-state index contributed by atoms with van der Waals surface area (Å²) in [5.41, 5.74) is 2.32. The highest BCUT2D eigenvalue weighted by atomic mass is 19.1. The van der Waals surface area contributed by atoms with Crippen molar-refractivity contribution in [2.45, 2.75) is 26.3 Å². The molecule has 1 aliphatic rings. The van der Waals surface area contributed by atoms with E-state index in [9.17, 15) is 4.39 Å². The Morgan fingerprint density at radius 2 is 2.06 bits per heavy atom. The summed E-state index contributed by atoms with van der Waals surface area (Å²) in [4.78, 5) is 2.48. The van der Waals surface area contributed by atoms with Gasteiger partial charge in [0.2, 0.25) is 0 Å². The zero-order valence-corrected chi connectivity index (χ0v) is 11.4. The number of benzene rings is 1. The molecular weight excluding hydrogens is 227 g/mol. The van der Waals surface area contributed by atoms with Crippen molar-refractivity contribution < 1.29 is 4.39 Å². The van der Waals surface area contributed by atoms with E-state index >= 15 is 0 Å². The van der Waals surface area contributed by atoms with Crippen molar-refractivity contribution in [2.24, 2.45) is 5.92 Å². The summed E-state index contributed by atoms with van der Waals surface area (Å²) >= 11 is 0. The van der Waals surface area contributed by atoms with Gasteiger partial charge in [0.1, 0.15) is 5.82 Å². The van der Waals surface area contributed by atoms with Crippen LogP contribution in [0.1, 0.15) is 24.0 Å². The molecule has 0 atom stereocenters. The van der Waals surface area contributed by atoms with Crippen LogP contribution < -0.4 is 5.32 Å². The first-order valence-corrected chi connectivity index (χ1v) is 6.81. The van der Waals surface area contributed by atoms with Crippen molar-refractivity contribution in [3.05, 3.63) is 35.1 Å². The molecule has 0 aliphatic carbocycles. The van der Waals surface area contributed by atoms with Gasteiger partial charge in [0.05, 0.1) is 0 Å². The number of rotatable bonds is 4. The Morgan fingerprint density at radius 3 is 2.67 bits per heavy atom. The Hall–Kier alpha value is -0.930. The molecule has 0 radical (unpaired) electrons. The fourth-order valence-corrected chi connectivity index (χ4v) is 2.71. The van der Waals surface area contributed by atoms with Crippen LogP contribution in [0.2, 0.25) is 0 Å². The van der Waals surface area contributed by atoms with Crippen LogP contribution in [0.3, 0.4) is 0 Å². The van der Waals surface area contributed by atoms with Gasteiger partial charge in [-0.2, -0.15) is 0 Å². The second-order valence-corrected chi connectivity index (χ2v) is 5.35. The Bertz CT molecular complexity index is 384. The molecule has 3 heteroatoms. The summed E-state index contributed by atoms with van der Waals surface area (Å²) in [5.74, 6) is 0.685. The fraction of sp³-hybridized carbons (Fsp3) is 0.600. The van der Waals surface area contributed by atoms with E-state index in [-0.39, 0.29) is 5.82 Å². The molecule has 2 rings (SSSR count). The van der Waals surface area contributed by atoms with E-state index in [0.717, 1.165) is 37.7 Å². The third-order valence-corrected chi connectivity index (χ3v) is 3.90. The lowest BCUT2D eigenvalue weighted by Crippen LogP contribution is -2.36. The summed E-state index contributed by atoms with van der Waals surface area (Å²) in [6.07, 6.45) is 2.53. The Morgan fingerprint density at radius 1 is 1.33 bits per heavy atom. The molecule has 0 aromatic heterocycles. The lowest BCUT2D eigenvalue weighted by Gasteiger charge is -2.32. The second kappa shape index (κ2) is 6.30. The number of hydrogen-bond donors (Lipinski definition) is 1. The lowest BCUT2D eigenvalue weighted by atomic mass is 9.96. The first-order chi connectivity index (χ1) is 8.69. The van der Waals surface area contributed by atoms with Gasteiger partial charge < -0.3 is 5.32 Å². The van der Waals surface area contributed by atoms with E-state index in [0.29, 0.717) is 0 Å². The number of halogens is 1. The van der Waals surface area contributed by atoms with Crippen LogP contribution in [0.25, 0.3) is 0 Å². The van der Waals surface area contributed by atoms with Crippen molar-refractivity contribution in [1.82, 2.24) is 10.2 Å². The SMILES string of the molecule is CNCC1CCN(Cc2ccc(F)cc2C)CC1. The molecule has 0 saturated carbocycles. The number of nitrogens with zero attached hydrogens (tertiary/aromatic N) is 1. The van der Waals surface area contributed by atoms with E-state index in [4.69, 9.17) is 0 Å². The second-order valence-electron chi connectivity index (χ2n) is 5.35. The van der Waals surface area contributed by atoms with Crippen molar-refractivity contribution in [2.75, 3.05) is 26.7 Å². The molecule has 1 aliphatic heterocycles. The molecule has 1 aromatic carbocycles. The lowest BCUT2D eigenvalue weighted by molar-refractivity contribution is 0.176. The maximum atomic E-state index is 13.0. The predicted octanol–water partition coefficient (Wildman–Crippen LogP) is 2.57. The number of nitrogens with one attached hydrogen (secondary N) is 1. The molecule has 0 spiro atoms. The van der Waals surface area contributed by atoms with E-state index in [1.165, 1.54) is 18.4 Å². The van der Waals surface area contributed by atoms with Crippen LogP contribution in [-0.4, -0.2) is 31.6 Å². The minimum absolute atomic E-state index is 0.135. The predicted molar refractivity (Wildman–Crippen MR) is 73.1 cm³/mol. The highest BCUT2D eigenvalue weighted by molar-refractivity contribution is 5.26. The number of piperidine rings is 1. The van der Waals surface area contributed by atoms with Crippen molar-refractivity contribution >= 4 is 0 Å². The van der Waals surface area contributed by atoms with Crippen molar-refractivity contribution in [3.63, 3.8) is 0 Å². The van der Waals surface area contributed by atoms with Gasteiger partial charge in [0.15, 0.2) is 0 Å². The zero-order valence-electron chi connectivity index (χ0n) is 11.4. The molecule has 1 fully saturated rings. The third kappa shape index (κ3) is 3.53. The largest absolute Gasteiger partial charge is 0.319 e. The van der Waals surface area contributed by atoms with E-state index in [1.54, 1.807) is 12.1 Å². The number of hydrogen-bond acceptors (Lipinski definition) is 2. The average Bonchev–Trinajstić information content (AvgIpc) is 2.35. The highest BCUT2D eigenvalue weighted by Crippen LogP contribution is 2.20. The first kappa shape index (κ1) is 13.5. The van der Waals surface area contributed by atoms with Gasteiger partial charge in [0.25, 0.3) is 0 Å². The van der Waals surface area contributed by atoms with Crippen LogP contribution in [0.15, 0.2) is 18.2 Å². The molecule has 1 N–H and O–H groups in total. The first-order valence-electron chi connectivity index (χ1n) is 6.81. The third-order valence-electron chi connectivity index (χ3n) is 3.90. The minimum atomic E-state index is -0.135. The number of likely N-dealkylation sites (tertiary alicyclic amines) is 1. The van der Waals surface area contributed by atoms with Crippen LogP contribution in [0, 0.1) is 18.7 Å². The van der Waals surface area contributed by atoms with Gasteiger partial charge in [-0.05, 0) is 75.6 Å². The summed E-state index contributed by atoms with van der Waals surface area (Å²) < 4.78 is 13.0. The van der Waals surface area contributed by atoms with E-state index in [1.807, 2.05) is 20.0 Å². The number of aryl methyl sites for hydroxylation is 1. The molecule has 2 nitrogen and oxygen atoms in total. The van der Waals surface area contributed by atoms with Crippen LogP contribution in [-0.2, 0) is 6.54 Å². The normalized spacial score (nSPS) is 18.2. The Labute approximate surface area is 109 Å². The van der Waals surface area contributed by atoms with Crippen molar-refractivity contribution in [1.29, 1.82) is 0 Å². The summed E-state index contributed by atoms with van der Waals surface area (Å²) in [7, 11) is 2.02. The van der Waals surface area contributed by atoms with Crippen LogP contribution in [0.4, 0.5) is 4.39 Å². The van der Waals surface area contributed by atoms with Gasteiger partial charge in [-0.3, -0.25) is 4.90 Å². The fourth-order valence-electron chi connectivity index (χ4n) is 2.71. The molecule has 18 heavy (non-hydrogen) atoms. The Balaban J connectivity index is 1.87. The standard InChI is InChI=1S/C15H23FN2/c1-12-9-15(16)4-3-14(12)11-18-7-5-13(6-8-18)10-17-2/h3-4,9,13,17H,5-8,10-11H2,1-2H3. The minimum Gasteiger partial charge on any atom is -0.319 e. The molecule has 1 aromatic rings. The topological polar surface area (TPSA) is 15.3 Å². The highest BCUT2D eigenvalue weighted by Gasteiger charge is 2.18. The van der Waals surface area contributed by atoms with Gasteiger partial charge in [-0.25, -0.2) is 4.39 Å². The summed E-state index contributed by atoms with van der Waals surface area (Å²) in [6.45, 7) is 6.39. The van der Waals surface area contributed by atoms with Crippen LogP contribution >= 0.6 is 0 Å². The maximum Gasteiger partial charge on any atom is 0.123 e. The van der Waals surface area contributed by atoms with Gasteiger partial charge in [0, 0.05) is 6.54 Å². The maximum absolute atomic E-state index is 13.0. The zero-order chi connectivity index (χ0) is 13.0. The molecule has 1 heterocycles. The Kier molecular flexibility index (Phi) is 4.72. The monoisotopic (exact) mass is 250 g/mol. The molecule has 100 valence electrons. The molecular formula is C15H23FN2. The molecule has 0 amide bonds. The molecule has 1 saturated heterocycles. The quantitative estimate of drug-likeness (QED) is 0.883. The smallest absolute Gasteiger partial charge is 0.123 e. The summed E-state index contributed by atoms with van der Waals surface area (Å²) in [5, 5.41) is 3.26. The van der Waals surface area contributed by atoms with Crippen LogP contribution in [0.5, 0.6) is 0 Å².